The molecule has 9 heavy (non-hydrogen) atoms. The molecule has 50 valence electrons. The van der Waals surface area contributed by atoms with Crippen LogP contribution in [0.3, 0.4) is 0 Å². The molecule has 3 nitrogen and oxygen atoms in total. The monoisotopic (exact) mass is 125 g/mol. The summed E-state index contributed by atoms with van der Waals surface area (Å²) in [6, 6.07) is 0. The van der Waals surface area contributed by atoms with E-state index in [0.717, 1.165) is 5.71 Å². The fraction of sp³-hybridized carbons (Fsp3) is 0.667. The van der Waals surface area contributed by atoms with Crippen molar-refractivity contribution in [2.75, 3.05) is 6.54 Å². The number of hydrogen-bond acceptors (Lipinski definition) is 3. The standard InChI is InChI=1S/C6H11N3/c1-4(2)5-3-8-6(7)9-5/h4H,3H2,1-2H3,(H2,7,8). The van der Waals surface area contributed by atoms with Gasteiger partial charge in [0.25, 0.3) is 0 Å². The molecular weight excluding hydrogens is 114 g/mol. The molecule has 0 bridgehead atoms. The van der Waals surface area contributed by atoms with E-state index >= 15 is 0 Å². The van der Waals surface area contributed by atoms with Crippen LogP contribution in [0.4, 0.5) is 0 Å². The molecule has 0 aliphatic carbocycles. The molecule has 0 aromatic heterocycles. The summed E-state index contributed by atoms with van der Waals surface area (Å²) in [4.78, 5) is 7.96. The Kier molecular flexibility index (Phi) is 1.51. The Labute approximate surface area is 54.7 Å². The molecule has 2 N–H and O–H groups in total. The van der Waals surface area contributed by atoms with Gasteiger partial charge in [0.15, 0.2) is 0 Å². The first-order chi connectivity index (χ1) is 4.20. The molecule has 0 saturated carbocycles. The summed E-state index contributed by atoms with van der Waals surface area (Å²) in [5.74, 6) is 0.911. The Morgan fingerprint density at radius 2 is 2.22 bits per heavy atom. The lowest BCUT2D eigenvalue weighted by Crippen LogP contribution is -2.09. The predicted molar refractivity (Wildman–Crippen MR) is 38.8 cm³/mol. The van der Waals surface area contributed by atoms with Gasteiger partial charge in [-0.25, -0.2) is 9.98 Å². The lowest BCUT2D eigenvalue weighted by molar-refractivity contribution is 0.874. The van der Waals surface area contributed by atoms with E-state index < -0.39 is 0 Å². The van der Waals surface area contributed by atoms with Gasteiger partial charge in [-0.1, -0.05) is 13.8 Å². The van der Waals surface area contributed by atoms with Crippen LogP contribution in [0.5, 0.6) is 0 Å². The van der Waals surface area contributed by atoms with E-state index in [1.165, 1.54) is 0 Å². The third kappa shape index (κ3) is 1.28. The highest BCUT2D eigenvalue weighted by molar-refractivity contribution is 6.03. The van der Waals surface area contributed by atoms with E-state index in [-0.39, 0.29) is 0 Å². The first-order valence-electron chi connectivity index (χ1n) is 3.07. The quantitative estimate of drug-likeness (QED) is 0.542. The van der Waals surface area contributed by atoms with Crippen LogP contribution < -0.4 is 5.73 Å². The fourth-order valence-electron chi connectivity index (χ4n) is 0.692. The number of guanidine groups is 1. The highest BCUT2D eigenvalue weighted by Gasteiger charge is 2.09. The van der Waals surface area contributed by atoms with E-state index in [2.05, 4.69) is 23.8 Å². The van der Waals surface area contributed by atoms with E-state index in [4.69, 9.17) is 5.73 Å². The molecule has 0 radical (unpaired) electrons. The first kappa shape index (κ1) is 6.26. The minimum absolute atomic E-state index is 0.429. The molecule has 1 aliphatic heterocycles. The van der Waals surface area contributed by atoms with E-state index in [9.17, 15) is 0 Å². The highest BCUT2D eigenvalue weighted by atomic mass is 15.1. The molecule has 3 heteroatoms. The molecule has 0 spiro atoms. The highest BCUT2D eigenvalue weighted by Crippen LogP contribution is 2.02. The molecule has 1 rings (SSSR count). The van der Waals surface area contributed by atoms with Crippen molar-refractivity contribution in [2.45, 2.75) is 13.8 Å². The molecule has 0 aromatic carbocycles. The van der Waals surface area contributed by atoms with Crippen molar-refractivity contribution in [1.29, 1.82) is 0 Å². The second-order valence-corrected chi connectivity index (χ2v) is 2.43. The van der Waals surface area contributed by atoms with Crippen LogP contribution in [-0.4, -0.2) is 18.2 Å². The molecule has 0 fully saturated rings. The van der Waals surface area contributed by atoms with Gasteiger partial charge in [0.1, 0.15) is 0 Å². The average Bonchev–Trinajstić information content (AvgIpc) is 2.14. The number of aliphatic imine (C=N–C) groups is 2. The maximum absolute atomic E-state index is 5.33. The zero-order valence-corrected chi connectivity index (χ0v) is 5.76. The van der Waals surface area contributed by atoms with Crippen LogP contribution in [0.1, 0.15) is 13.8 Å². The summed E-state index contributed by atoms with van der Waals surface area (Å²) in [6.07, 6.45) is 0. The van der Waals surface area contributed by atoms with Crippen LogP contribution in [0.2, 0.25) is 0 Å². The summed E-state index contributed by atoms with van der Waals surface area (Å²) in [5.41, 5.74) is 6.42. The van der Waals surface area contributed by atoms with Crippen LogP contribution >= 0.6 is 0 Å². The second-order valence-electron chi connectivity index (χ2n) is 2.43. The zero-order valence-electron chi connectivity index (χ0n) is 5.76. The maximum atomic E-state index is 5.33. The second kappa shape index (κ2) is 2.17. The summed E-state index contributed by atoms with van der Waals surface area (Å²) in [5, 5.41) is 0. The van der Waals surface area contributed by atoms with Crippen molar-refractivity contribution in [1.82, 2.24) is 0 Å². The van der Waals surface area contributed by atoms with Gasteiger partial charge in [-0.2, -0.15) is 0 Å². The maximum Gasteiger partial charge on any atom is 0.215 e. The van der Waals surface area contributed by atoms with Gasteiger partial charge in [-0.05, 0) is 5.92 Å². The third-order valence-corrected chi connectivity index (χ3v) is 1.33. The van der Waals surface area contributed by atoms with Gasteiger partial charge in [0, 0.05) is 5.71 Å². The minimum Gasteiger partial charge on any atom is -0.368 e. The fourth-order valence-corrected chi connectivity index (χ4v) is 0.692. The molecule has 0 saturated heterocycles. The predicted octanol–water partition coefficient (Wildman–Crippen LogP) is 0.412. The molecule has 0 aromatic rings. The Balaban J connectivity index is 2.60. The van der Waals surface area contributed by atoms with Crippen molar-refractivity contribution in [2.24, 2.45) is 21.6 Å². The molecule has 0 unspecified atom stereocenters. The van der Waals surface area contributed by atoms with E-state index in [1.807, 2.05) is 0 Å². The summed E-state index contributed by atoms with van der Waals surface area (Å²) >= 11 is 0. The van der Waals surface area contributed by atoms with Gasteiger partial charge in [0.2, 0.25) is 5.96 Å². The van der Waals surface area contributed by atoms with Crippen molar-refractivity contribution in [3.8, 4) is 0 Å². The normalized spacial score (nSPS) is 18.1. The van der Waals surface area contributed by atoms with Crippen molar-refractivity contribution in [3.05, 3.63) is 0 Å². The van der Waals surface area contributed by atoms with Gasteiger partial charge < -0.3 is 5.73 Å². The number of nitrogens with zero attached hydrogens (tertiary/aromatic N) is 2. The SMILES string of the molecule is CC(C)C1=NC(N)=NC1. The van der Waals surface area contributed by atoms with Gasteiger partial charge in [-0.15, -0.1) is 0 Å². The van der Waals surface area contributed by atoms with E-state index in [1.54, 1.807) is 0 Å². The Bertz CT molecular complexity index is 167. The summed E-state index contributed by atoms with van der Waals surface area (Å²) in [6.45, 7) is 4.88. The first-order valence-corrected chi connectivity index (χ1v) is 3.07. The third-order valence-electron chi connectivity index (χ3n) is 1.33. The molecule has 1 heterocycles. The molecule has 0 atom stereocenters. The van der Waals surface area contributed by atoms with E-state index in [0.29, 0.717) is 18.4 Å². The lowest BCUT2D eigenvalue weighted by atomic mass is 10.1. The van der Waals surface area contributed by atoms with Crippen molar-refractivity contribution in [3.63, 3.8) is 0 Å². The number of nitrogens with two attached hydrogens (primary N) is 1. The Hall–Kier alpha value is -0.860. The van der Waals surface area contributed by atoms with Gasteiger partial charge in [-0.3, -0.25) is 0 Å². The zero-order chi connectivity index (χ0) is 6.85. The molecule has 0 amide bonds. The summed E-state index contributed by atoms with van der Waals surface area (Å²) in [7, 11) is 0. The van der Waals surface area contributed by atoms with Crippen LogP contribution in [-0.2, 0) is 0 Å². The van der Waals surface area contributed by atoms with Crippen molar-refractivity contribution < 1.29 is 0 Å². The number of hydrogen-bond donors (Lipinski definition) is 1. The topological polar surface area (TPSA) is 50.7 Å². The number of rotatable bonds is 1. The average molecular weight is 125 g/mol. The Morgan fingerprint density at radius 1 is 1.56 bits per heavy atom. The van der Waals surface area contributed by atoms with Gasteiger partial charge in [0.05, 0.1) is 6.54 Å². The molecule has 1 aliphatic rings. The summed E-state index contributed by atoms with van der Waals surface area (Å²) < 4.78 is 0. The molecular formula is C6H11N3. The van der Waals surface area contributed by atoms with Gasteiger partial charge >= 0.3 is 0 Å². The Morgan fingerprint density at radius 3 is 2.44 bits per heavy atom. The lowest BCUT2D eigenvalue weighted by Gasteiger charge is -1.99. The van der Waals surface area contributed by atoms with Crippen LogP contribution in [0, 0.1) is 5.92 Å². The van der Waals surface area contributed by atoms with Crippen LogP contribution in [0.25, 0.3) is 0 Å². The largest absolute Gasteiger partial charge is 0.368 e. The van der Waals surface area contributed by atoms with Crippen LogP contribution in [0.15, 0.2) is 9.98 Å². The minimum atomic E-state index is 0.429. The van der Waals surface area contributed by atoms with Crippen molar-refractivity contribution >= 4 is 11.7 Å². The smallest absolute Gasteiger partial charge is 0.215 e.